The molecule has 0 heterocycles. The van der Waals surface area contributed by atoms with Crippen LogP contribution >= 0.6 is 0 Å². The summed E-state index contributed by atoms with van der Waals surface area (Å²) in [5.41, 5.74) is -1.11. The van der Waals surface area contributed by atoms with Gasteiger partial charge in [-0.2, -0.15) is 0 Å². The molecule has 6 nitrogen and oxygen atoms in total. The molecule has 3 aromatic carbocycles. The summed E-state index contributed by atoms with van der Waals surface area (Å²) in [6, 6.07) is 24.5. The van der Waals surface area contributed by atoms with Crippen molar-refractivity contribution in [2.24, 2.45) is 5.41 Å². The minimum atomic E-state index is -1.57. The molecule has 1 N–H and O–H groups in total. The van der Waals surface area contributed by atoms with Gasteiger partial charge in [0.1, 0.15) is 11.3 Å². The van der Waals surface area contributed by atoms with Crippen LogP contribution in [0.4, 0.5) is 0 Å². The van der Waals surface area contributed by atoms with Gasteiger partial charge in [0.05, 0.1) is 6.10 Å². The maximum Gasteiger partial charge on any atom is 0.339 e. The van der Waals surface area contributed by atoms with Crippen molar-refractivity contribution in [3.63, 3.8) is 0 Å². The van der Waals surface area contributed by atoms with Crippen LogP contribution in [-0.2, 0) is 4.74 Å². The predicted octanol–water partition coefficient (Wildman–Crippen LogP) is 8.31. The van der Waals surface area contributed by atoms with Gasteiger partial charge in [-0.25, -0.2) is 4.79 Å². The number of ketones is 2. The number of rotatable bonds is 13. The van der Waals surface area contributed by atoms with Crippen LogP contribution in [0.15, 0.2) is 84.9 Å². The van der Waals surface area contributed by atoms with Crippen molar-refractivity contribution >= 4 is 17.5 Å². The Labute approximate surface area is 244 Å². The van der Waals surface area contributed by atoms with Gasteiger partial charge in [0.15, 0.2) is 5.60 Å². The minimum Gasteiger partial charge on any atom is -0.490 e. The van der Waals surface area contributed by atoms with E-state index >= 15 is 0 Å². The summed E-state index contributed by atoms with van der Waals surface area (Å²) < 4.78 is 11.5. The van der Waals surface area contributed by atoms with E-state index < -0.39 is 17.0 Å². The zero-order valence-corrected chi connectivity index (χ0v) is 25.2. The van der Waals surface area contributed by atoms with Crippen LogP contribution < -0.4 is 4.74 Å². The lowest BCUT2D eigenvalue weighted by Gasteiger charge is -2.40. The Balaban J connectivity index is 0.000000296. The molecule has 6 heteroatoms. The Morgan fingerprint density at radius 3 is 1.66 bits per heavy atom. The molecule has 0 amide bonds. The van der Waals surface area contributed by atoms with Crippen LogP contribution in [0, 0.1) is 5.41 Å². The number of carbonyl (C=O) groups excluding carboxylic acids is 2. The number of methoxy groups -OCH3 is 1. The average molecular weight is 561 g/mol. The molecule has 0 spiro atoms. The third-order valence-electron chi connectivity index (χ3n) is 7.07. The van der Waals surface area contributed by atoms with Crippen molar-refractivity contribution in [2.45, 2.75) is 78.4 Å². The number of benzene rings is 3. The lowest BCUT2D eigenvalue weighted by molar-refractivity contribution is -0.0417. The molecule has 0 bridgehead atoms. The Morgan fingerprint density at radius 1 is 0.756 bits per heavy atom. The topological polar surface area (TPSA) is 89.9 Å². The van der Waals surface area contributed by atoms with Crippen molar-refractivity contribution in [1.29, 1.82) is 0 Å². The number of hydrogen-bond acceptors (Lipinski definition) is 5. The van der Waals surface area contributed by atoms with Crippen LogP contribution in [0.25, 0.3) is 0 Å². The van der Waals surface area contributed by atoms with Crippen molar-refractivity contribution in [1.82, 2.24) is 0 Å². The Hall–Kier alpha value is -3.77. The molecule has 41 heavy (non-hydrogen) atoms. The SMILES string of the molecule is CCCCCC(CC)Oc1ccccc1C(=O)O.COC(C(=O)c1ccccc1)(C(=O)c1ccccc1)C(C)(C)C. The third-order valence-corrected chi connectivity index (χ3v) is 7.07. The standard InChI is InChI=1S/C20H22O3.C15H22O3/c1-19(2,3)20(23-4,17(21)15-11-7-5-8-12-15)18(22)16-13-9-6-10-14-16;1-3-5-6-9-12(4-2)18-14-11-8-7-10-13(14)15(16)17/h5-14H,1-4H3;7-8,10-12H,3-6,9H2,1-2H3,(H,16,17). The second kappa shape index (κ2) is 15.9. The molecule has 0 saturated heterocycles. The van der Waals surface area contributed by atoms with E-state index in [9.17, 15) is 14.4 Å². The lowest BCUT2D eigenvalue weighted by Crippen LogP contribution is -2.57. The number of ether oxygens (including phenoxy) is 2. The van der Waals surface area contributed by atoms with Crippen LogP contribution in [0.1, 0.15) is 97.8 Å². The summed E-state index contributed by atoms with van der Waals surface area (Å²) in [5, 5.41) is 9.09. The van der Waals surface area contributed by atoms with Gasteiger partial charge in [0.25, 0.3) is 0 Å². The van der Waals surface area contributed by atoms with Gasteiger partial charge >= 0.3 is 5.97 Å². The largest absolute Gasteiger partial charge is 0.490 e. The molecule has 3 aromatic rings. The highest BCUT2D eigenvalue weighted by Gasteiger charge is 2.55. The number of carbonyl (C=O) groups is 3. The maximum absolute atomic E-state index is 13.2. The fraction of sp³-hybridized carbons (Fsp3) is 0.400. The van der Waals surface area contributed by atoms with Crippen molar-refractivity contribution in [3.05, 3.63) is 102 Å². The summed E-state index contributed by atoms with van der Waals surface area (Å²) in [4.78, 5) is 37.5. The molecule has 1 unspecified atom stereocenters. The Kier molecular flexibility index (Phi) is 12.9. The first-order valence-corrected chi connectivity index (χ1v) is 14.3. The molecular formula is C35H44O6. The van der Waals surface area contributed by atoms with Gasteiger partial charge in [0, 0.05) is 23.7 Å². The van der Waals surface area contributed by atoms with Crippen LogP contribution in [-0.4, -0.2) is 41.5 Å². The van der Waals surface area contributed by atoms with E-state index in [1.165, 1.54) is 20.0 Å². The number of Topliss-reactive ketones (excluding diaryl/α,β-unsaturated/α-hetero) is 2. The van der Waals surface area contributed by atoms with E-state index in [1.54, 1.807) is 72.8 Å². The van der Waals surface area contributed by atoms with E-state index in [0.29, 0.717) is 16.9 Å². The van der Waals surface area contributed by atoms with Gasteiger partial charge in [-0.3, -0.25) is 9.59 Å². The summed E-state index contributed by atoms with van der Waals surface area (Å²) in [6.07, 6.45) is 5.50. The number of hydrogen-bond donors (Lipinski definition) is 1. The summed E-state index contributed by atoms with van der Waals surface area (Å²) >= 11 is 0. The number of aromatic carboxylic acids is 1. The molecule has 0 aliphatic carbocycles. The maximum atomic E-state index is 13.2. The smallest absolute Gasteiger partial charge is 0.339 e. The first kappa shape index (κ1) is 33.4. The number of para-hydroxylation sites is 1. The highest BCUT2D eigenvalue weighted by molar-refractivity contribution is 6.23. The highest BCUT2D eigenvalue weighted by atomic mass is 16.5. The monoisotopic (exact) mass is 560 g/mol. The molecule has 0 aliphatic rings. The van der Waals surface area contributed by atoms with Crippen molar-refractivity contribution < 1.29 is 29.0 Å². The second-order valence-corrected chi connectivity index (χ2v) is 11.0. The first-order chi connectivity index (χ1) is 19.5. The summed E-state index contributed by atoms with van der Waals surface area (Å²) in [6.45, 7) is 9.77. The Morgan fingerprint density at radius 2 is 1.24 bits per heavy atom. The minimum absolute atomic E-state index is 0.108. The zero-order chi connectivity index (χ0) is 30.5. The fourth-order valence-corrected chi connectivity index (χ4v) is 4.76. The average Bonchev–Trinajstić information content (AvgIpc) is 2.98. The van der Waals surface area contributed by atoms with Gasteiger partial charge in [0.2, 0.25) is 11.6 Å². The van der Waals surface area contributed by atoms with Gasteiger partial charge < -0.3 is 14.6 Å². The highest BCUT2D eigenvalue weighted by Crippen LogP contribution is 2.39. The van der Waals surface area contributed by atoms with Gasteiger partial charge in [-0.15, -0.1) is 0 Å². The predicted molar refractivity (Wildman–Crippen MR) is 163 cm³/mol. The van der Waals surface area contributed by atoms with E-state index in [4.69, 9.17) is 14.6 Å². The number of carboxylic acid groups (broad SMARTS) is 1. The summed E-state index contributed by atoms with van der Waals surface area (Å²) in [5.74, 6) is -1.09. The molecule has 220 valence electrons. The molecule has 0 aromatic heterocycles. The van der Waals surface area contributed by atoms with E-state index in [2.05, 4.69) is 13.8 Å². The van der Waals surface area contributed by atoms with Crippen molar-refractivity contribution in [3.8, 4) is 5.75 Å². The molecule has 0 saturated carbocycles. The normalized spacial score (nSPS) is 12.0. The molecule has 3 rings (SSSR count). The fourth-order valence-electron chi connectivity index (χ4n) is 4.76. The molecule has 1 atom stereocenters. The van der Waals surface area contributed by atoms with Gasteiger partial charge in [-0.05, 0) is 31.4 Å². The lowest BCUT2D eigenvalue weighted by atomic mass is 9.68. The number of unbranched alkanes of at least 4 members (excludes halogenated alkanes) is 2. The quantitative estimate of drug-likeness (QED) is 0.128. The number of carboxylic acids is 1. The van der Waals surface area contributed by atoms with Crippen LogP contribution in [0.5, 0.6) is 5.75 Å². The van der Waals surface area contributed by atoms with Gasteiger partial charge in [-0.1, -0.05) is 120 Å². The molecule has 0 fully saturated rings. The Bertz CT molecular complexity index is 1190. The van der Waals surface area contributed by atoms with E-state index in [1.807, 2.05) is 32.9 Å². The molecule has 0 aliphatic heterocycles. The molecule has 0 radical (unpaired) electrons. The van der Waals surface area contributed by atoms with Crippen LogP contribution in [0.3, 0.4) is 0 Å². The summed E-state index contributed by atoms with van der Waals surface area (Å²) in [7, 11) is 1.42. The van der Waals surface area contributed by atoms with E-state index in [0.717, 1.165) is 19.3 Å². The second-order valence-electron chi connectivity index (χ2n) is 11.0. The van der Waals surface area contributed by atoms with E-state index in [-0.39, 0.29) is 23.2 Å². The van der Waals surface area contributed by atoms with Crippen LogP contribution in [0.2, 0.25) is 0 Å². The first-order valence-electron chi connectivity index (χ1n) is 14.3. The third kappa shape index (κ3) is 8.61. The van der Waals surface area contributed by atoms with Crippen molar-refractivity contribution in [2.75, 3.05) is 7.11 Å². The molecular weight excluding hydrogens is 516 g/mol. The zero-order valence-electron chi connectivity index (χ0n) is 25.2.